The Kier molecular flexibility index (Phi) is 4.01. The summed E-state index contributed by atoms with van der Waals surface area (Å²) < 4.78 is 5.90. The third-order valence-electron chi connectivity index (χ3n) is 2.41. The molecule has 1 heterocycles. The van der Waals surface area contributed by atoms with Crippen molar-refractivity contribution in [1.82, 2.24) is 4.98 Å². The van der Waals surface area contributed by atoms with E-state index in [1.54, 1.807) is 25.3 Å². The van der Waals surface area contributed by atoms with Crippen molar-refractivity contribution in [3.8, 4) is 5.75 Å². The van der Waals surface area contributed by atoms with Gasteiger partial charge in [-0.05, 0) is 18.2 Å². The molecule has 0 aliphatic carbocycles. The number of benzene rings is 1. The number of carbonyl (C=O) groups is 1. The first-order valence-electron chi connectivity index (χ1n) is 5.43. The molecular formula is C13H11BrN2O3. The van der Waals surface area contributed by atoms with Crippen LogP contribution in [0.2, 0.25) is 0 Å². The van der Waals surface area contributed by atoms with Crippen LogP contribution in [0.15, 0.2) is 45.8 Å². The molecule has 1 aromatic carbocycles. The van der Waals surface area contributed by atoms with Crippen molar-refractivity contribution in [3.63, 3.8) is 0 Å². The molecule has 0 bridgehead atoms. The Bertz CT molecular complexity index is 647. The highest BCUT2D eigenvalue weighted by atomic mass is 79.9. The molecule has 2 N–H and O–H groups in total. The van der Waals surface area contributed by atoms with Gasteiger partial charge in [0.1, 0.15) is 5.75 Å². The number of rotatable bonds is 3. The molecule has 0 saturated carbocycles. The van der Waals surface area contributed by atoms with E-state index in [-0.39, 0.29) is 11.5 Å². The normalized spacial score (nSPS) is 10.0. The summed E-state index contributed by atoms with van der Waals surface area (Å²) in [6, 6.07) is 8.01. The Hall–Kier alpha value is -2.08. The van der Waals surface area contributed by atoms with Crippen LogP contribution in [-0.2, 0) is 0 Å². The minimum absolute atomic E-state index is 0.249. The zero-order valence-electron chi connectivity index (χ0n) is 10.1. The second kappa shape index (κ2) is 5.71. The fourth-order valence-corrected chi connectivity index (χ4v) is 1.98. The molecule has 2 rings (SSSR count). The second-order valence-corrected chi connectivity index (χ2v) is 4.69. The van der Waals surface area contributed by atoms with Gasteiger partial charge in [-0.15, -0.1) is 0 Å². The lowest BCUT2D eigenvalue weighted by molar-refractivity contribution is 0.102. The number of halogens is 1. The van der Waals surface area contributed by atoms with Crippen LogP contribution in [0.3, 0.4) is 0 Å². The molecule has 0 aliphatic heterocycles. The van der Waals surface area contributed by atoms with Gasteiger partial charge in [0.05, 0.1) is 12.7 Å². The zero-order chi connectivity index (χ0) is 13.8. The lowest BCUT2D eigenvalue weighted by Gasteiger charge is -2.08. The van der Waals surface area contributed by atoms with E-state index >= 15 is 0 Å². The first-order valence-corrected chi connectivity index (χ1v) is 6.22. The molecule has 0 unspecified atom stereocenters. The quantitative estimate of drug-likeness (QED) is 0.911. The van der Waals surface area contributed by atoms with Crippen molar-refractivity contribution in [1.29, 1.82) is 0 Å². The van der Waals surface area contributed by atoms with Crippen LogP contribution in [0.25, 0.3) is 0 Å². The summed E-state index contributed by atoms with van der Waals surface area (Å²) in [5.74, 6) is 0.322. The topological polar surface area (TPSA) is 71.2 Å². The van der Waals surface area contributed by atoms with Crippen molar-refractivity contribution in [2.75, 3.05) is 12.4 Å². The van der Waals surface area contributed by atoms with E-state index in [0.717, 1.165) is 4.47 Å². The highest BCUT2D eigenvalue weighted by Crippen LogP contribution is 2.24. The molecule has 5 nitrogen and oxygen atoms in total. The number of nitrogens with one attached hydrogen (secondary N) is 2. The van der Waals surface area contributed by atoms with Crippen LogP contribution >= 0.6 is 15.9 Å². The number of hydrogen-bond acceptors (Lipinski definition) is 3. The Morgan fingerprint density at radius 3 is 2.74 bits per heavy atom. The van der Waals surface area contributed by atoms with Crippen LogP contribution < -0.4 is 15.6 Å². The number of aromatic nitrogens is 1. The Morgan fingerprint density at radius 2 is 2.11 bits per heavy atom. The van der Waals surface area contributed by atoms with Crippen LogP contribution in [-0.4, -0.2) is 18.0 Å². The highest BCUT2D eigenvalue weighted by molar-refractivity contribution is 9.10. The van der Waals surface area contributed by atoms with Crippen LogP contribution in [0.4, 0.5) is 5.69 Å². The van der Waals surface area contributed by atoms with E-state index in [0.29, 0.717) is 17.0 Å². The number of pyridine rings is 1. The van der Waals surface area contributed by atoms with Crippen molar-refractivity contribution in [2.24, 2.45) is 0 Å². The van der Waals surface area contributed by atoms with Crippen LogP contribution in [0.1, 0.15) is 10.4 Å². The number of anilines is 1. The largest absolute Gasteiger partial charge is 0.497 e. The Labute approximate surface area is 117 Å². The maximum atomic E-state index is 11.9. The molecule has 6 heteroatoms. The standard InChI is InChI=1S/C13H11BrN2O3/c1-19-11-5-9(14)4-10(6-11)16-13(18)8-2-3-12(17)15-7-8/h2-7H,1H3,(H,15,17)(H,16,18). The highest BCUT2D eigenvalue weighted by Gasteiger charge is 2.07. The third kappa shape index (κ3) is 3.45. The maximum absolute atomic E-state index is 11.9. The summed E-state index contributed by atoms with van der Waals surface area (Å²) in [4.78, 5) is 25.3. The fourth-order valence-electron chi connectivity index (χ4n) is 1.51. The molecule has 98 valence electrons. The number of amides is 1. The third-order valence-corrected chi connectivity index (χ3v) is 2.87. The summed E-state index contributed by atoms with van der Waals surface area (Å²) in [6.45, 7) is 0. The van der Waals surface area contributed by atoms with Gasteiger partial charge in [-0.25, -0.2) is 0 Å². The Balaban J connectivity index is 2.21. The van der Waals surface area contributed by atoms with Crippen molar-refractivity contribution in [2.45, 2.75) is 0 Å². The molecule has 0 radical (unpaired) electrons. The van der Waals surface area contributed by atoms with E-state index in [9.17, 15) is 9.59 Å². The molecule has 19 heavy (non-hydrogen) atoms. The lowest BCUT2D eigenvalue weighted by Crippen LogP contribution is -2.14. The first kappa shape index (κ1) is 13.4. The van der Waals surface area contributed by atoms with Crippen LogP contribution in [0.5, 0.6) is 5.75 Å². The summed E-state index contributed by atoms with van der Waals surface area (Å²) in [5, 5.41) is 2.72. The van der Waals surface area contributed by atoms with E-state index in [4.69, 9.17) is 4.74 Å². The first-order chi connectivity index (χ1) is 9.08. The van der Waals surface area contributed by atoms with E-state index < -0.39 is 0 Å². The Morgan fingerprint density at radius 1 is 1.32 bits per heavy atom. The minimum atomic E-state index is -0.309. The molecule has 0 fully saturated rings. The molecule has 2 aromatic rings. The summed E-state index contributed by atoms with van der Waals surface area (Å²) >= 11 is 3.33. The zero-order valence-corrected chi connectivity index (χ0v) is 11.7. The molecule has 0 saturated heterocycles. The molecular weight excluding hydrogens is 312 g/mol. The van der Waals surface area contributed by atoms with Gasteiger partial charge in [0.2, 0.25) is 5.56 Å². The number of carbonyl (C=O) groups excluding carboxylic acids is 1. The van der Waals surface area contributed by atoms with Gasteiger partial charge in [-0.2, -0.15) is 0 Å². The number of hydrogen-bond donors (Lipinski definition) is 2. The number of H-pyrrole nitrogens is 1. The van der Waals surface area contributed by atoms with Gasteiger partial charge in [0, 0.05) is 28.5 Å². The maximum Gasteiger partial charge on any atom is 0.257 e. The molecule has 1 aromatic heterocycles. The van der Waals surface area contributed by atoms with Crippen molar-refractivity contribution >= 4 is 27.5 Å². The molecule has 1 amide bonds. The smallest absolute Gasteiger partial charge is 0.257 e. The predicted molar refractivity (Wildman–Crippen MR) is 75.7 cm³/mol. The van der Waals surface area contributed by atoms with Gasteiger partial charge >= 0.3 is 0 Å². The van der Waals surface area contributed by atoms with Crippen molar-refractivity contribution in [3.05, 3.63) is 56.9 Å². The van der Waals surface area contributed by atoms with Gasteiger partial charge < -0.3 is 15.0 Å². The monoisotopic (exact) mass is 322 g/mol. The molecule has 0 spiro atoms. The lowest BCUT2D eigenvalue weighted by atomic mass is 10.2. The minimum Gasteiger partial charge on any atom is -0.497 e. The van der Waals surface area contributed by atoms with Gasteiger partial charge in [-0.3, -0.25) is 9.59 Å². The average molecular weight is 323 g/mol. The number of aromatic amines is 1. The summed E-state index contributed by atoms with van der Waals surface area (Å²) in [5.41, 5.74) is 0.724. The molecule has 0 atom stereocenters. The number of methoxy groups -OCH3 is 1. The van der Waals surface area contributed by atoms with Gasteiger partial charge in [0.15, 0.2) is 0 Å². The summed E-state index contributed by atoms with van der Waals surface area (Å²) in [7, 11) is 1.55. The molecule has 0 aliphatic rings. The van der Waals surface area contributed by atoms with E-state index in [2.05, 4.69) is 26.2 Å². The SMILES string of the molecule is COc1cc(Br)cc(NC(=O)c2ccc(=O)[nH]c2)c1. The van der Waals surface area contributed by atoms with Gasteiger partial charge in [0.25, 0.3) is 5.91 Å². The van der Waals surface area contributed by atoms with E-state index in [1.807, 2.05) is 0 Å². The fraction of sp³-hybridized carbons (Fsp3) is 0.0769. The van der Waals surface area contributed by atoms with Gasteiger partial charge in [-0.1, -0.05) is 15.9 Å². The van der Waals surface area contributed by atoms with Crippen LogP contribution in [0, 0.1) is 0 Å². The summed E-state index contributed by atoms with van der Waals surface area (Å²) in [6.07, 6.45) is 1.37. The predicted octanol–water partition coefficient (Wildman–Crippen LogP) is 2.40. The second-order valence-electron chi connectivity index (χ2n) is 3.78. The number of ether oxygens (including phenoxy) is 1. The van der Waals surface area contributed by atoms with E-state index in [1.165, 1.54) is 18.3 Å². The average Bonchev–Trinajstić information content (AvgIpc) is 2.38. The van der Waals surface area contributed by atoms with Crippen molar-refractivity contribution < 1.29 is 9.53 Å².